The Labute approximate surface area is 391 Å². The number of nitrogens with zero attached hydrogens (tertiary/aromatic N) is 7. The Hall–Kier alpha value is -5.49. The number of pyridine rings is 1. The number of aryl methyl sites for hydroxylation is 1. The van der Waals surface area contributed by atoms with Crippen molar-refractivity contribution >= 4 is 52.3 Å². The summed E-state index contributed by atoms with van der Waals surface area (Å²) in [4.78, 5) is 83.4. The topological polar surface area (TPSA) is 172 Å². The summed E-state index contributed by atoms with van der Waals surface area (Å²) in [6, 6.07) is 7.68. The fourth-order valence-electron chi connectivity index (χ4n) is 9.79. The number of methoxy groups -OCH3 is 1. The molecule has 354 valence electrons. The van der Waals surface area contributed by atoms with Crippen molar-refractivity contribution in [2.45, 2.75) is 97.0 Å². The van der Waals surface area contributed by atoms with Crippen LogP contribution in [0.3, 0.4) is 0 Å². The van der Waals surface area contributed by atoms with Crippen LogP contribution < -0.4 is 10.7 Å². The predicted octanol–water partition coefficient (Wildman–Crippen LogP) is 5.56. The van der Waals surface area contributed by atoms with Crippen LogP contribution in [0.25, 0.3) is 33.4 Å². The molecule has 7 rings (SSSR count). The zero-order chi connectivity index (χ0) is 47.7. The number of piperazine rings is 1. The van der Waals surface area contributed by atoms with Crippen molar-refractivity contribution in [3.8, 4) is 22.5 Å². The van der Waals surface area contributed by atoms with Gasteiger partial charge in [-0.05, 0) is 80.3 Å². The van der Waals surface area contributed by atoms with Gasteiger partial charge in [0.1, 0.15) is 23.9 Å². The molecule has 5 amide bonds. The fraction of sp³-hybridized carbons (Fsp3) is 0.531. The van der Waals surface area contributed by atoms with Crippen molar-refractivity contribution in [1.82, 2.24) is 45.0 Å². The van der Waals surface area contributed by atoms with E-state index in [2.05, 4.69) is 67.0 Å². The molecule has 3 aliphatic heterocycles. The molecule has 3 aromatic heterocycles. The van der Waals surface area contributed by atoms with Gasteiger partial charge < -0.3 is 38.9 Å². The van der Waals surface area contributed by atoms with Gasteiger partial charge >= 0.3 is 6.03 Å². The third-order valence-electron chi connectivity index (χ3n) is 13.3. The molecule has 6 heterocycles. The normalized spacial score (nSPS) is 22.4. The number of urea groups is 1. The molecule has 66 heavy (non-hydrogen) atoms. The molecule has 4 aromatic rings. The van der Waals surface area contributed by atoms with Crippen LogP contribution in [0, 0.1) is 11.3 Å². The number of carbonyl (C=O) groups excluding carboxylic acids is 5. The Bertz CT molecular complexity index is 2480. The van der Waals surface area contributed by atoms with Crippen molar-refractivity contribution in [1.29, 1.82) is 0 Å². The van der Waals surface area contributed by atoms with E-state index in [1.165, 1.54) is 27.3 Å². The molecule has 0 spiro atoms. The minimum atomic E-state index is -1.19. The summed E-state index contributed by atoms with van der Waals surface area (Å²) in [6.45, 7) is 17.1. The number of ether oxygens (including phenoxy) is 2. The lowest BCUT2D eigenvalue weighted by molar-refractivity contribution is -0.147. The second-order valence-corrected chi connectivity index (χ2v) is 20.2. The Morgan fingerprint density at radius 3 is 2.61 bits per heavy atom. The minimum Gasteiger partial charge on any atom is -0.378 e. The minimum absolute atomic E-state index is 0.0258. The molecule has 2 fully saturated rings. The third-order valence-corrected chi connectivity index (χ3v) is 14.2. The summed E-state index contributed by atoms with van der Waals surface area (Å²) in [5.41, 5.74) is 8.27. The summed E-state index contributed by atoms with van der Waals surface area (Å²) in [5.74, 6) is -1.45. The van der Waals surface area contributed by atoms with E-state index in [-0.39, 0.29) is 43.0 Å². The largest absolute Gasteiger partial charge is 0.378 e. The summed E-state index contributed by atoms with van der Waals surface area (Å²) in [5, 5.41) is 8.13. The van der Waals surface area contributed by atoms with Gasteiger partial charge in [0.05, 0.1) is 41.4 Å². The highest BCUT2D eigenvalue weighted by molar-refractivity contribution is 7.10. The van der Waals surface area contributed by atoms with Crippen LogP contribution in [0.15, 0.2) is 54.6 Å². The number of hydrogen-bond donors (Lipinski definition) is 2. The van der Waals surface area contributed by atoms with Crippen molar-refractivity contribution in [3.05, 3.63) is 70.8 Å². The molecule has 16 nitrogen and oxygen atoms in total. The zero-order valence-electron chi connectivity index (χ0n) is 39.8. The van der Waals surface area contributed by atoms with E-state index in [0.29, 0.717) is 57.1 Å². The number of fused-ring (bicyclic) bond motifs is 6. The number of thiazole rings is 1. The first-order valence-corrected chi connectivity index (χ1v) is 23.7. The Morgan fingerprint density at radius 1 is 1.14 bits per heavy atom. The monoisotopic (exact) mass is 923 g/mol. The van der Waals surface area contributed by atoms with Gasteiger partial charge in [0.15, 0.2) is 0 Å². The fourth-order valence-corrected chi connectivity index (χ4v) is 10.6. The van der Waals surface area contributed by atoms with Crippen LogP contribution in [0.1, 0.15) is 76.8 Å². The highest BCUT2D eigenvalue weighted by atomic mass is 32.1. The van der Waals surface area contributed by atoms with Gasteiger partial charge in [0.2, 0.25) is 11.8 Å². The number of rotatable bonds is 9. The van der Waals surface area contributed by atoms with E-state index in [9.17, 15) is 24.0 Å². The van der Waals surface area contributed by atoms with E-state index in [1.807, 2.05) is 39.1 Å². The van der Waals surface area contributed by atoms with Crippen LogP contribution >= 0.6 is 11.3 Å². The first-order chi connectivity index (χ1) is 31.4. The van der Waals surface area contributed by atoms with Gasteiger partial charge in [-0.1, -0.05) is 40.3 Å². The third kappa shape index (κ3) is 9.80. The standard InChI is InChI=1S/C49H65N9O7S/c1-11-41(60)56-20-21-57(31(4)25-56)47(63)55(9)43(30(2)3)45(61)52-37-23-40-51-38(26-66-40)33-15-16-39-35(22-33)36(44(54(39)8)34-14-12-18-50-42(34)32(5)64-10)24-48(6,7)28-65-29-49(27-59)17-13-19-58(53-49)46(37)62/h11-12,14-16,18,22,26-27,30-32,37,43,53H,1,13,17,19-21,23-25,28-29H2,2-10H3,(H,52,61)/t31-,32-,37-,43-,49?/m0/s1. The van der Waals surface area contributed by atoms with E-state index >= 15 is 0 Å². The molecular formula is C49H65N9O7S. The first kappa shape index (κ1) is 48.4. The van der Waals surface area contributed by atoms with Gasteiger partial charge in [-0.3, -0.25) is 24.4 Å². The molecule has 0 radical (unpaired) electrons. The van der Waals surface area contributed by atoms with Gasteiger partial charge in [0, 0.05) is 93.5 Å². The molecule has 2 saturated heterocycles. The number of aromatic nitrogens is 3. The van der Waals surface area contributed by atoms with Crippen molar-refractivity contribution in [3.63, 3.8) is 0 Å². The Balaban J connectivity index is 1.26. The van der Waals surface area contributed by atoms with Crippen molar-refractivity contribution in [2.24, 2.45) is 18.4 Å². The summed E-state index contributed by atoms with van der Waals surface area (Å²) < 4.78 is 14.5. The molecular weight excluding hydrogens is 859 g/mol. The lowest BCUT2D eigenvalue weighted by Crippen LogP contribution is -2.67. The molecule has 5 atom stereocenters. The molecule has 0 aliphatic carbocycles. The highest BCUT2D eigenvalue weighted by Crippen LogP contribution is 2.41. The lowest BCUT2D eigenvalue weighted by atomic mass is 9.84. The number of aldehydes is 1. The maximum atomic E-state index is 14.8. The molecule has 3 aliphatic rings. The molecule has 1 aromatic carbocycles. The number of nitrogens with one attached hydrogen (secondary N) is 2. The van der Waals surface area contributed by atoms with Crippen LogP contribution in [0.4, 0.5) is 4.79 Å². The Morgan fingerprint density at radius 2 is 1.91 bits per heavy atom. The Kier molecular flexibility index (Phi) is 14.5. The quantitative estimate of drug-likeness (QED) is 0.160. The van der Waals surface area contributed by atoms with Crippen LogP contribution in [-0.2, 0) is 48.5 Å². The second kappa shape index (κ2) is 19.8. The van der Waals surface area contributed by atoms with Crippen LogP contribution in [0.2, 0.25) is 0 Å². The summed E-state index contributed by atoms with van der Waals surface area (Å²) in [7, 11) is 5.35. The lowest BCUT2D eigenvalue weighted by Gasteiger charge is -2.43. The van der Waals surface area contributed by atoms with Crippen molar-refractivity contribution in [2.75, 3.05) is 53.6 Å². The molecule has 6 bridgehead atoms. The first-order valence-electron chi connectivity index (χ1n) is 22.8. The number of hydrogen-bond acceptors (Lipinski definition) is 11. The molecule has 17 heteroatoms. The molecule has 0 saturated carbocycles. The number of benzene rings is 1. The molecule has 1 unspecified atom stereocenters. The van der Waals surface area contributed by atoms with Gasteiger partial charge in [-0.2, -0.15) is 0 Å². The highest BCUT2D eigenvalue weighted by Gasteiger charge is 2.42. The van der Waals surface area contributed by atoms with E-state index < -0.39 is 34.9 Å². The van der Waals surface area contributed by atoms with Gasteiger partial charge in [-0.25, -0.2) is 15.2 Å². The van der Waals surface area contributed by atoms with Crippen LogP contribution in [0.5, 0.6) is 0 Å². The smallest absolute Gasteiger partial charge is 0.320 e. The predicted molar refractivity (Wildman–Crippen MR) is 254 cm³/mol. The maximum absolute atomic E-state index is 14.8. The second-order valence-electron chi connectivity index (χ2n) is 19.3. The van der Waals surface area contributed by atoms with E-state index in [4.69, 9.17) is 19.4 Å². The van der Waals surface area contributed by atoms with Gasteiger partial charge in [0.25, 0.3) is 5.91 Å². The number of carbonyl (C=O) groups is 5. The maximum Gasteiger partial charge on any atom is 0.320 e. The molecule has 2 N–H and O–H groups in total. The average molecular weight is 924 g/mol. The van der Waals surface area contributed by atoms with Crippen LogP contribution in [-0.4, -0.2) is 141 Å². The number of amides is 5. The van der Waals surface area contributed by atoms with E-state index in [0.717, 1.165) is 51.0 Å². The summed E-state index contributed by atoms with van der Waals surface area (Å²) >= 11 is 1.40. The number of likely N-dealkylation sites (N-methyl/N-ethyl adjacent to an activating group) is 1. The summed E-state index contributed by atoms with van der Waals surface area (Å²) in [6.07, 6.45) is 5.31. The van der Waals surface area contributed by atoms with Gasteiger partial charge in [-0.15, -0.1) is 11.3 Å². The van der Waals surface area contributed by atoms with Crippen molar-refractivity contribution < 1.29 is 33.4 Å². The SMILES string of the molecule is C=CC(=O)N1CCN(C(=O)N(C)[C@H](C(=O)N[C@H]2Cc3nc(cs3)-c3ccc4c(c3)c(c(-c3cccnc3[C@H](C)OC)n4C)CC(C)(C)COCC3(C=O)CCCN(N3)C2=O)C(C)C)[C@@H](C)C1. The van der Waals surface area contributed by atoms with E-state index in [1.54, 1.807) is 30.2 Å². The zero-order valence-corrected chi connectivity index (χ0v) is 40.6. The average Bonchev–Trinajstić information content (AvgIpc) is 3.88. The number of hydrazine groups is 1.